The molecule has 7 heteroatoms. The van der Waals surface area contributed by atoms with Crippen LogP contribution in [-0.2, 0) is 0 Å². The van der Waals surface area contributed by atoms with Crippen LogP contribution in [0.3, 0.4) is 0 Å². The Labute approximate surface area is 155 Å². The topological polar surface area (TPSA) is 73.1 Å². The van der Waals surface area contributed by atoms with E-state index in [0.29, 0.717) is 28.5 Å². The van der Waals surface area contributed by atoms with Crippen molar-refractivity contribution in [1.82, 2.24) is 5.43 Å². The zero-order valence-corrected chi connectivity index (χ0v) is 15.0. The summed E-state index contributed by atoms with van der Waals surface area (Å²) in [4.78, 5) is 12.2. The highest BCUT2D eigenvalue weighted by atomic mass is 35.5. The molecule has 0 atom stereocenters. The second-order valence-corrected chi connectivity index (χ2v) is 5.77. The Hall–Kier alpha value is -2.99. The Bertz CT molecular complexity index is 965. The van der Waals surface area contributed by atoms with Gasteiger partial charge in [-0.15, -0.1) is 0 Å². The molecular weight excluding hydrogens is 356 g/mol. The molecule has 0 aliphatic rings. The third-order valence-electron chi connectivity index (χ3n) is 3.58. The summed E-state index contributed by atoms with van der Waals surface area (Å²) >= 11 is 5.96. The van der Waals surface area contributed by atoms with Crippen molar-refractivity contribution in [3.8, 4) is 11.5 Å². The van der Waals surface area contributed by atoms with Gasteiger partial charge in [0.2, 0.25) is 0 Å². The van der Waals surface area contributed by atoms with Crippen LogP contribution in [0.5, 0.6) is 11.5 Å². The summed E-state index contributed by atoms with van der Waals surface area (Å²) in [6.07, 6.45) is 1.46. The molecule has 2 aromatic carbocycles. The number of benzene rings is 2. The molecule has 0 fully saturated rings. The Kier molecular flexibility index (Phi) is 5.43. The van der Waals surface area contributed by atoms with Gasteiger partial charge in [0, 0.05) is 16.0 Å². The minimum Gasteiger partial charge on any atom is -0.496 e. The normalized spacial score (nSPS) is 11.0. The fourth-order valence-electron chi connectivity index (χ4n) is 2.41. The van der Waals surface area contributed by atoms with Crippen LogP contribution in [0, 0.1) is 0 Å². The largest absolute Gasteiger partial charge is 0.496 e. The monoisotopic (exact) mass is 372 g/mol. The number of amides is 1. The standard InChI is InChI=1S/C19H17ClN2O4/c1-3-25-15-5-7-17-12(9-15)10-18(26-17)19(23)22-21-11-13-8-14(20)4-6-16(13)24-2/h4-11H,3H2,1-2H3,(H,22,23)/b21-11+. The zero-order chi connectivity index (χ0) is 18.5. The van der Waals surface area contributed by atoms with Crippen molar-refractivity contribution in [2.75, 3.05) is 13.7 Å². The Morgan fingerprint density at radius 3 is 2.88 bits per heavy atom. The third-order valence-corrected chi connectivity index (χ3v) is 3.82. The van der Waals surface area contributed by atoms with Crippen molar-refractivity contribution < 1.29 is 18.7 Å². The van der Waals surface area contributed by atoms with E-state index < -0.39 is 5.91 Å². The van der Waals surface area contributed by atoms with Gasteiger partial charge in [0.1, 0.15) is 17.1 Å². The summed E-state index contributed by atoms with van der Waals surface area (Å²) in [6.45, 7) is 2.48. The summed E-state index contributed by atoms with van der Waals surface area (Å²) in [5.74, 6) is 1.01. The molecule has 134 valence electrons. The lowest BCUT2D eigenvalue weighted by Crippen LogP contribution is -2.16. The molecule has 0 radical (unpaired) electrons. The summed E-state index contributed by atoms with van der Waals surface area (Å²) in [6, 6.07) is 12.1. The van der Waals surface area contributed by atoms with Crippen molar-refractivity contribution in [3.05, 3.63) is 58.8 Å². The highest BCUT2D eigenvalue weighted by molar-refractivity contribution is 6.30. The van der Waals surface area contributed by atoms with Gasteiger partial charge in [0.05, 0.1) is 19.9 Å². The van der Waals surface area contributed by atoms with Crippen LogP contribution in [0.1, 0.15) is 23.0 Å². The number of hydrogen-bond donors (Lipinski definition) is 1. The first-order valence-electron chi connectivity index (χ1n) is 7.94. The SMILES string of the molecule is CCOc1ccc2oc(C(=O)N/N=C/c3cc(Cl)ccc3OC)cc2c1. The minimum absolute atomic E-state index is 0.156. The second kappa shape index (κ2) is 7.93. The van der Waals surface area contributed by atoms with Gasteiger partial charge in [0.25, 0.3) is 0 Å². The Morgan fingerprint density at radius 2 is 2.12 bits per heavy atom. The molecule has 1 N–H and O–H groups in total. The molecule has 6 nitrogen and oxygen atoms in total. The molecule has 1 heterocycles. The van der Waals surface area contributed by atoms with Crippen LogP contribution in [0.25, 0.3) is 11.0 Å². The van der Waals surface area contributed by atoms with E-state index in [1.807, 2.05) is 13.0 Å². The molecule has 0 aliphatic heterocycles. The fourth-order valence-corrected chi connectivity index (χ4v) is 2.59. The maximum Gasteiger partial charge on any atom is 0.307 e. The fraction of sp³-hybridized carbons (Fsp3) is 0.158. The number of fused-ring (bicyclic) bond motifs is 1. The molecule has 0 saturated carbocycles. The number of hydrogen-bond acceptors (Lipinski definition) is 5. The molecule has 1 amide bonds. The average Bonchev–Trinajstić information content (AvgIpc) is 3.05. The predicted molar refractivity (Wildman–Crippen MR) is 100 cm³/mol. The molecule has 0 unspecified atom stereocenters. The van der Waals surface area contributed by atoms with Gasteiger partial charge < -0.3 is 13.9 Å². The smallest absolute Gasteiger partial charge is 0.307 e. The summed E-state index contributed by atoms with van der Waals surface area (Å²) in [5, 5.41) is 5.26. The lowest BCUT2D eigenvalue weighted by Gasteiger charge is -2.04. The molecule has 3 rings (SSSR count). The number of hydrazone groups is 1. The zero-order valence-electron chi connectivity index (χ0n) is 14.3. The summed E-state index contributed by atoms with van der Waals surface area (Å²) in [5.41, 5.74) is 3.67. The first-order valence-corrected chi connectivity index (χ1v) is 8.32. The average molecular weight is 373 g/mol. The number of furan rings is 1. The van der Waals surface area contributed by atoms with E-state index in [-0.39, 0.29) is 5.76 Å². The first kappa shape index (κ1) is 17.8. The van der Waals surface area contributed by atoms with E-state index in [0.717, 1.165) is 11.1 Å². The number of nitrogens with one attached hydrogen (secondary N) is 1. The molecular formula is C19H17ClN2O4. The van der Waals surface area contributed by atoms with Gasteiger partial charge in [-0.25, -0.2) is 5.43 Å². The molecule has 1 aromatic heterocycles. The van der Waals surface area contributed by atoms with Crippen molar-refractivity contribution >= 4 is 34.7 Å². The van der Waals surface area contributed by atoms with Crippen LogP contribution in [0.2, 0.25) is 5.02 Å². The predicted octanol–water partition coefficient (Wildman–Crippen LogP) is 4.26. The van der Waals surface area contributed by atoms with Crippen LogP contribution in [0.15, 0.2) is 52.0 Å². The van der Waals surface area contributed by atoms with Gasteiger partial charge >= 0.3 is 5.91 Å². The van der Waals surface area contributed by atoms with Gasteiger partial charge in [-0.3, -0.25) is 4.79 Å². The third kappa shape index (κ3) is 3.97. The van der Waals surface area contributed by atoms with Gasteiger partial charge in [-0.1, -0.05) is 11.6 Å². The molecule has 3 aromatic rings. The van der Waals surface area contributed by atoms with E-state index >= 15 is 0 Å². The lowest BCUT2D eigenvalue weighted by atomic mass is 10.2. The quantitative estimate of drug-likeness (QED) is 0.518. The van der Waals surface area contributed by atoms with Crippen LogP contribution in [-0.4, -0.2) is 25.8 Å². The minimum atomic E-state index is -0.462. The number of ether oxygens (including phenoxy) is 2. The molecule has 0 spiro atoms. The highest BCUT2D eigenvalue weighted by Gasteiger charge is 2.12. The maximum absolute atomic E-state index is 12.2. The Morgan fingerprint density at radius 1 is 1.27 bits per heavy atom. The number of carbonyl (C=O) groups excluding carboxylic acids is 1. The highest BCUT2D eigenvalue weighted by Crippen LogP contribution is 2.24. The Balaban J connectivity index is 1.74. The van der Waals surface area contributed by atoms with E-state index in [4.69, 9.17) is 25.5 Å². The number of rotatable bonds is 6. The molecule has 0 bridgehead atoms. The van der Waals surface area contributed by atoms with Crippen molar-refractivity contribution in [1.29, 1.82) is 0 Å². The number of nitrogens with zero attached hydrogens (tertiary/aromatic N) is 1. The van der Waals surface area contributed by atoms with Crippen molar-refractivity contribution in [2.45, 2.75) is 6.92 Å². The molecule has 26 heavy (non-hydrogen) atoms. The second-order valence-electron chi connectivity index (χ2n) is 5.33. The van der Waals surface area contributed by atoms with Crippen LogP contribution < -0.4 is 14.9 Å². The lowest BCUT2D eigenvalue weighted by molar-refractivity contribution is 0.0929. The summed E-state index contributed by atoms with van der Waals surface area (Å²) < 4.78 is 16.2. The van der Waals surface area contributed by atoms with E-state index in [2.05, 4.69) is 10.5 Å². The number of halogens is 1. The van der Waals surface area contributed by atoms with E-state index in [1.54, 1.807) is 43.5 Å². The molecule has 0 saturated heterocycles. The van der Waals surface area contributed by atoms with Gasteiger partial charge in [0.15, 0.2) is 5.76 Å². The van der Waals surface area contributed by atoms with Crippen molar-refractivity contribution in [3.63, 3.8) is 0 Å². The first-order chi connectivity index (χ1) is 12.6. The maximum atomic E-state index is 12.2. The van der Waals surface area contributed by atoms with Crippen LogP contribution in [0.4, 0.5) is 0 Å². The van der Waals surface area contributed by atoms with E-state index in [1.165, 1.54) is 6.21 Å². The van der Waals surface area contributed by atoms with Crippen molar-refractivity contribution in [2.24, 2.45) is 5.10 Å². The van der Waals surface area contributed by atoms with E-state index in [9.17, 15) is 4.79 Å². The van der Waals surface area contributed by atoms with Gasteiger partial charge in [-0.2, -0.15) is 5.10 Å². The summed E-state index contributed by atoms with van der Waals surface area (Å²) in [7, 11) is 1.55. The molecule has 0 aliphatic carbocycles. The number of carbonyl (C=O) groups is 1. The van der Waals surface area contributed by atoms with Crippen LogP contribution >= 0.6 is 11.6 Å². The van der Waals surface area contributed by atoms with Gasteiger partial charge in [-0.05, 0) is 49.4 Å². The number of methoxy groups -OCH3 is 1.